The van der Waals surface area contributed by atoms with E-state index in [-0.39, 0.29) is 13.5 Å². The van der Waals surface area contributed by atoms with Crippen molar-refractivity contribution in [2.75, 3.05) is 11.5 Å². The van der Waals surface area contributed by atoms with E-state index in [0.29, 0.717) is 19.7 Å². The van der Waals surface area contributed by atoms with E-state index in [1.165, 1.54) is 0 Å². The summed E-state index contributed by atoms with van der Waals surface area (Å²) in [6, 6.07) is 0. The normalized spacial score (nSPS) is 16.9. The van der Waals surface area contributed by atoms with Gasteiger partial charge in [0.1, 0.15) is 0 Å². The third-order valence-electron chi connectivity index (χ3n) is 1.37. The van der Waals surface area contributed by atoms with Gasteiger partial charge in [0.2, 0.25) is 0 Å². The van der Waals surface area contributed by atoms with E-state index < -0.39 is 0 Å². The first-order chi connectivity index (χ1) is 7.33. The van der Waals surface area contributed by atoms with Gasteiger partial charge >= 0.3 is 0 Å². The molecule has 0 fully saturated rings. The monoisotopic (exact) mass is 370 g/mol. The van der Waals surface area contributed by atoms with Gasteiger partial charge in [-0.3, -0.25) is 0 Å². The zero-order valence-electron chi connectivity index (χ0n) is 10.8. The van der Waals surface area contributed by atoms with E-state index in [1.54, 1.807) is 0 Å². The summed E-state index contributed by atoms with van der Waals surface area (Å²) in [7, 11) is 0. The second-order valence-electron chi connectivity index (χ2n) is 3.46. The molecule has 0 bridgehead atoms. The van der Waals surface area contributed by atoms with Crippen LogP contribution in [-0.2, 0) is 0 Å². The quantitative estimate of drug-likeness (QED) is 0.394. The molecule has 0 aromatic rings. The van der Waals surface area contributed by atoms with Crippen LogP contribution in [0.4, 0.5) is 0 Å². The predicted octanol–water partition coefficient (Wildman–Crippen LogP) is 4.74. The zero-order valence-corrected chi connectivity index (χ0v) is 17.0. The molecule has 4 unspecified atom stereocenters. The Balaban J connectivity index is -0.000000218. The van der Waals surface area contributed by atoms with Gasteiger partial charge in [0.05, 0.1) is 0 Å². The van der Waals surface area contributed by atoms with Crippen molar-refractivity contribution in [2.45, 2.75) is 47.4 Å². The van der Waals surface area contributed by atoms with Crippen molar-refractivity contribution in [3.8, 4) is 0 Å². The van der Waals surface area contributed by atoms with Gasteiger partial charge in [-0.1, -0.05) is 13.8 Å². The highest BCUT2D eigenvalue weighted by atomic mass is 32.2. The van der Waals surface area contributed by atoms with E-state index in [9.17, 15) is 0 Å². The van der Waals surface area contributed by atoms with E-state index in [4.69, 9.17) is 0 Å². The molecule has 0 aromatic heterocycles. The maximum atomic E-state index is 4.22. The van der Waals surface area contributed by atoms with Gasteiger partial charge < -0.3 is 0 Å². The first-order valence-electron chi connectivity index (χ1n) is 5.22. The van der Waals surface area contributed by atoms with Crippen molar-refractivity contribution in [3.05, 3.63) is 0 Å². The van der Waals surface area contributed by atoms with Gasteiger partial charge in [0.15, 0.2) is 0 Å². The molecule has 0 amide bonds. The van der Waals surface area contributed by atoms with E-state index in [1.807, 2.05) is 23.5 Å². The van der Waals surface area contributed by atoms with E-state index in [0.717, 1.165) is 11.5 Å². The summed E-state index contributed by atoms with van der Waals surface area (Å²) in [5, 5.41) is 1.26. The second kappa shape index (κ2) is 16.5. The van der Waals surface area contributed by atoms with Crippen molar-refractivity contribution >= 4 is 87.5 Å². The van der Waals surface area contributed by atoms with Crippen molar-refractivity contribution < 1.29 is 0 Å². The van der Waals surface area contributed by atoms with Crippen molar-refractivity contribution in [1.82, 2.24) is 0 Å². The molecular formula is C10H26S7. The van der Waals surface area contributed by atoms with Crippen molar-refractivity contribution in [3.63, 3.8) is 0 Å². The average molecular weight is 371 g/mol. The third-order valence-corrected chi connectivity index (χ3v) is 5.74. The smallest absolute Gasteiger partial charge is 0.0447 e. The van der Waals surface area contributed by atoms with E-state index in [2.05, 4.69) is 78.2 Å². The zero-order chi connectivity index (χ0) is 13.1. The molecule has 0 rings (SSSR count). The highest BCUT2D eigenvalue weighted by Crippen LogP contribution is 2.20. The van der Waals surface area contributed by atoms with Crippen LogP contribution in [0.1, 0.15) is 27.7 Å². The SMILES string of the molecule is CC(S)SC(C)CS.CC(S)SC(C)CS.S. The summed E-state index contributed by atoms with van der Waals surface area (Å²) >= 11 is 20.4. The van der Waals surface area contributed by atoms with Gasteiger partial charge in [-0.05, 0) is 13.8 Å². The first kappa shape index (κ1) is 24.5. The van der Waals surface area contributed by atoms with Gasteiger partial charge in [-0.25, -0.2) is 0 Å². The number of hydrogen-bond donors (Lipinski definition) is 4. The molecule has 0 spiro atoms. The summed E-state index contributed by atoms with van der Waals surface area (Å²) in [4.78, 5) is 0. The van der Waals surface area contributed by atoms with Gasteiger partial charge in [0, 0.05) is 31.2 Å². The molecule has 0 aliphatic heterocycles. The van der Waals surface area contributed by atoms with Crippen LogP contribution in [0.2, 0.25) is 0 Å². The summed E-state index contributed by atoms with van der Waals surface area (Å²) in [5.74, 6) is 1.88. The minimum absolute atomic E-state index is 0. The molecule has 0 aromatic carbocycles. The van der Waals surface area contributed by atoms with Gasteiger partial charge in [-0.15, -0.1) is 23.5 Å². The minimum atomic E-state index is 0. The number of thiol groups is 4. The molecule has 7 heteroatoms. The molecule has 0 aliphatic rings. The Bertz CT molecular complexity index is 125. The Morgan fingerprint density at radius 1 is 0.765 bits per heavy atom. The molecule has 0 saturated carbocycles. The Hall–Kier alpha value is 2.45. The molecule has 17 heavy (non-hydrogen) atoms. The number of rotatable bonds is 6. The predicted molar refractivity (Wildman–Crippen MR) is 109 cm³/mol. The maximum absolute atomic E-state index is 4.22. The summed E-state index contributed by atoms with van der Waals surface area (Å²) in [5.41, 5.74) is 0. The lowest BCUT2D eigenvalue weighted by Gasteiger charge is -2.08. The van der Waals surface area contributed by atoms with Crippen molar-refractivity contribution in [2.24, 2.45) is 0 Å². The lowest BCUT2D eigenvalue weighted by atomic mass is 10.6. The summed E-state index contributed by atoms with van der Waals surface area (Å²) in [6.45, 7) is 8.47. The Morgan fingerprint density at radius 3 is 1.06 bits per heavy atom. The molecule has 0 N–H and O–H groups in total. The Morgan fingerprint density at radius 2 is 1.00 bits per heavy atom. The molecule has 0 aliphatic carbocycles. The fraction of sp³-hybridized carbons (Fsp3) is 1.00. The summed E-state index contributed by atoms with van der Waals surface area (Å²) in [6.07, 6.45) is 0. The van der Waals surface area contributed by atoms with Gasteiger partial charge in [-0.2, -0.15) is 64.0 Å². The van der Waals surface area contributed by atoms with Crippen LogP contribution in [0, 0.1) is 0 Å². The van der Waals surface area contributed by atoms with Gasteiger partial charge in [0.25, 0.3) is 0 Å². The van der Waals surface area contributed by atoms with Crippen LogP contribution in [0.15, 0.2) is 0 Å². The largest absolute Gasteiger partial charge is 0.197 e. The molecular weight excluding hydrogens is 345 g/mol. The van der Waals surface area contributed by atoms with Crippen LogP contribution < -0.4 is 0 Å². The second-order valence-corrected chi connectivity index (χ2v) is 10.0. The number of hydrogen-bond acceptors (Lipinski definition) is 6. The lowest BCUT2D eigenvalue weighted by Crippen LogP contribution is -2.00. The molecule has 4 atom stereocenters. The minimum Gasteiger partial charge on any atom is -0.197 e. The van der Waals surface area contributed by atoms with Crippen LogP contribution in [-0.4, -0.2) is 31.2 Å². The topological polar surface area (TPSA) is 0 Å². The third kappa shape index (κ3) is 23.9. The highest BCUT2D eigenvalue weighted by Gasteiger charge is 2.02. The van der Waals surface area contributed by atoms with E-state index >= 15 is 0 Å². The van der Waals surface area contributed by atoms with Crippen LogP contribution in [0.5, 0.6) is 0 Å². The molecule has 0 saturated heterocycles. The Kier molecular flexibility index (Phi) is 23.8. The van der Waals surface area contributed by atoms with Crippen LogP contribution in [0.25, 0.3) is 0 Å². The van der Waals surface area contributed by atoms with Crippen LogP contribution in [0.3, 0.4) is 0 Å². The first-order valence-corrected chi connectivity index (χ1v) is 9.40. The van der Waals surface area contributed by atoms with Crippen molar-refractivity contribution in [1.29, 1.82) is 0 Å². The average Bonchev–Trinajstić information content (AvgIpc) is 2.16. The fourth-order valence-electron chi connectivity index (χ4n) is 0.758. The maximum Gasteiger partial charge on any atom is 0.0447 e. The standard InChI is InChI=1S/2C5H12S3.H2S/c2*1-4(3-6)8-5(2)7;/h2*4-7H,3H2,1-2H3;1H2. The lowest BCUT2D eigenvalue weighted by molar-refractivity contribution is 1.13. The summed E-state index contributed by atoms with van der Waals surface area (Å²) < 4.78 is 0.884. The Labute approximate surface area is 145 Å². The molecule has 0 nitrogen and oxygen atoms in total. The molecule has 0 radical (unpaired) electrons. The highest BCUT2D eigenvalue weighted by molar-refractivity contribution is 8.11. The fourth-order valence-corrected chi connectivity index (χ4v) is 4.04. The molecule has 0 heterocycles. The van der Waals surface area contributed by atoms with Crippen LogP contribution >= 0.6 is 87.5 Å². The molecule has 108 valence electrons. The number of thioether (sulfide) groups is 2.